The molecule has 5 atom stereocenters. The van der Waals surface area contributed by atoms with Crippen LogP contribution in [-0.4, -0.2) is 78.1 Å². The van der Waals surface area contributed by atoms with E-state index in [2.05, 4.69) is 62.1 Å². The Kier molecular flexibility index (Phi) is 13.9. The molecule has 1 aromatic carbocycles. The van der Waals surface area contributed by atoms with Crippen LogP contribution >= 0.6 is 11.6 Å². The summed E-state index contributed by atoms with van der Waals surface area (Å²) in [5.74, 6) is -0.00152. The highest BCUT2D eigenvalue weighted by Crippen LogP contribution is 2.45. The van der Waals surface area contributed by atoms with Gasteiger partial charge >= 0.3 is 5.97 Å². The van der Waals surface area contributed by atoms with Gasteiger partial charge in [-0.05, 0) is 49.1 Å². The Balaban J connectivity index is 1.44. The number of morpholine rings is 1. The largest absolute Gasteiger partial charge is 0.464 e. The first-order chi connectivity index (χ1) is 19.2. The number of alkyl halides is 1. The van der Waals surface area contributed by atoms with Gasteiger partial charge in [0.25, 0.3) is 0 Å². The summed E-state index contributed by atoms with van der Waals surface area (Å²) < 4.78 is 10.7. The molecule has 1 saturated heterocycles. The molecule has 1 saturated carbocycles. The van der Waals surface area contributed by atoms with Gasteiger partial charge in [-0.1, -0.05) is 76.5 Å². The number of benzene rings is 1. The summed E-state index contributed by atoms with van der Waals surface area (Å²) in [4.78, 5) is 14.3. The second kappa shape index (κ2) is 16.9. The van der Waals surface area contributed by atoms with Crippen LogP contribution in [0, 0.1) is 5.92 Å². The molecular weight excluding hydrogens is 526 g/mol. The second-order valence-corrected chi connectivity index (χ2v) is 12.7. The van der Waals surface area contributed by atoms with E-state index in [0.29, 0.717) is 19.4 Å². The number of esters is 1. The second-order valence-electron chi connectivity index (χ2n) is 12.1. The lowest BCUT2D eigenvalue weighted by Crippen LogP contribution is -2.38. The number of allylic oxidation sites excluding steroid dienone is 2. The van der Waals surface area contributed by atoms with E-state index in [1.165, 1.54) is 0 Å². The van der Waals surface area contributed by atoms with Gasteiger partial charge in [-0.2, -0.15) is 0 Å². The third-order valence-electron chi connectivity index (χ3n) is 8.86. The Hall–Kier alpha value is -1.44. The van der Waals surface area contributed by atoms with Crippen molar-refractivity contribution in [1.82, 2.24) is 4.90 Å². The van der Waals surface area contributed by atoms with Gasteiger partial charge in [-0.3, -0.25) is 9.69 Å². The van der Waals surface area contributed by atoms with Crippen molar-refractivity contribution in [1.29, 1.82) is 0 Å². The van der Waals surface area contributed by atoms with Crippen molar-refractivity contribution in [2.75, 3.05) is 39.5 Å². The molecule has 40 heavy (non-hydrogen) atoms. The van der Waals surface area contributed by atoms with E-state index in [1.807, 2.05) is 0 Å². The summed E-state index contributed by atoms with van der Waals surface area (Å²) in [6.45, 7) is 10.9. The number of nitrogens with zero attached hydrogens (tertiary/aromatic N) is 1. The van der Waals surface area contributed by atoms with E-state index in [0.717, 1.165) is 88.9 Å². The SMILES string of the molecule is CCCCCC(O)C(C)(C)c1ccc([C@@H]2[C@@H](C/C=C\CCCC(=O)OCCN3CCOCC3)[C@H](Cl)C[C@H]2O)cc1. The molecule has 1 aliphatic carbocycles. The van der Waals surface area contributed by atoms with Gasteiger partial charge in [0.2, 0.25) is 0 Å². The van der Waals surface area contributed by atoms with Crippen LogP contribution in [0.15, 0.2) is 36.4 Å². The zero-order valence-electron chi connectivity index (χ0n) is 24.9. The van der Waals surface area contributed by atoms with E-state index in [4.69, 9.17) is 21.1 Å². The highest BCUT2D eigenvalue weighted by atomic mass is 35.5. The molecule has 6 nitrogen and oxygen atoms in total. The van der Waals surface area contributed by atoms with Crippen LogP contribution < -0.4 is 0 Å². The van der Waals surface area contributed by atoms with E-state index in [9.17, 15) is 15.0 Å². The lowest BCUT2D eigenvalue weighted by molar-refractivity contribution is -0.144. The summed E-state index contributed by atoms with van der Waals surface area (Å²) in [5.41, 5.74) is 1.90. The lowest BCUT2D eigenvalue weighted by Gasteiger charge is -2.32. The molecule has 2 fully saturated rings. The van der Waals surface area contributed by atoms with Crippen molar-refractivity contribution >= 4 is 17.6 Å². The maximum atomic E-state index is 12.0. The fourth-order valence-corrected chi connectivity index (χ4v) is 6.46. The molecule has 1 heterocycles. The summed E-state index contributed by atoms with van der Waals surface area (Å²) in [7, 11) is 0. The van der Waals surface area contributed by atoms with Crippen LogP contribution in [0.5, 0.6) is 0 Å². The Morgan fingerprint density at radius 1 is 1.18 bits per heavy atom. The van der Waals surface area contributed by atoms with Crippen LogP contribution in [0.3, 0.4) is 0 Å². The molecule has 0 aromatic heterocycles. The highest BCUT2D eigenvalue weighted by Gasteiger charge is 2.42. The normalized spacial score (nSPS) is 24.9. The molecule has 0 bridgehead atoms. The maximum Gasteiger partial charge on any atom is 0.305 e. The standard InChI is InChI=1S/C33H52ClNO5/c1-4-5-8-12-30(37)33(2,3)26-16-14-25(15-17-26)32-27(28(34)24-29(32)36)11-9-6-7-10-13-31(38)40-23-20-35-18-21-39-22-19-35/h6,9,14-17,27-30,32,36-37H,4-5,7-8,10-13,18-24H2,1-3H3/b9-6-/t27-,28+,29+,30?,32+/m0/s1. The number of unbranched alkanes of at least 4 members (excludes halogenated alkanes) is 3. The fourth-order valence-electron chi connectivity index (χ4n) is 6.02. The number of hydrogen-bond donors (Lipinski definition) is 2. The molecule has 1 aromatic rings. The zero-order chi connectivity index (χ0) is 29.0. The highest BCUT2D eigenvalue weighted by molar-refractivity contribution is 6.21. The topological polar surface area (TPSA) is 79.2 Å². The molecule has 2 N–H and O–H groups in total. The lowest BCUT2D eigenvalue weighted by atomic mass is 9.76. The zero-order valence-corrected chi connectivity index (χ0v) is 25.7. The van der Waals surface area contributed by atoms with Crippen molar-refractivity contribution in [2.45, 2.75) is 107 Å². The number of hydrogen-bond acceptors (Lipinski definition) is 6. The molecular formula is C33H52ClNO5. The van der Waals surface area contributed by atoms with Gasteiger partial charge in [0.15, 0.2) is 0 Å². The molecule has 2 aliphatic rings. The minimum absolute atomic E-state index is 0.0137. The van der Waals surface area contributed by atoms with Gasteiger partial charge < -0.3 is 19.7 Å². The van der Waals surface area contributed by atoms with Gasteiger partial charge in [-0.25, -0.2) is 0 Å². The summed E-state index contributed by atoms with van der Waals surface area (Å²) in [5, 5.41) is 21.6. The van der Waals surface area contributed by atoms with Crippen LogP contribution in [0.2, 0.25) is 0 Å². The number of carbonyl (C=O) groups is 1. The van der Waals surface area contributed by atoms with E-state index in [-0.39, 0.29) is 34.7 Å². The number of aliphatic hydroxyl groups excluding tert-OH is 2. The van der Waals surface area contributed by atoms with Crippen LogP contribution in [-0.2, 0) is 19.7 Å². The van der Waals surface area contributed by atoms with Crippen LogP contribution in [0.1, 0.15) is 95.6 Å². The molecule has 3 rings (SSSR count). The molecule has 1 aliphatic heterocycles. The Labute approximate surface area is 247 Å². The van der Waals surface area contributed by atoms with Crippen molar-refractivity contribution in [3.05, 3.63) is 47.5 Å². The van der Waals surface area contributed by atoms with Gasteiger partial charge in [0.1, 0.15) is 6.61 Å². The van der Waals surface area contributed by atoms with Gasteiger partial charge in [0.05, 0.1) is 25.4 Å². The third-order valence-corrected chi connectivity index (χ3v) is 9.36. The predicted octanol–water partition coefficient (Wildman–Crippen LogP) is 5.97. The Bertz CT molecular complexity index is 899. The maximum absolute atomic E-state index is 12.0. The van der Waals surface area contributed by atoms with Crippen molar-refractivity contribution in [3.63, 3.8) is 0 Å². The van der Waals surface area contributed by atoms with Crippen molar-refractivity contribution < 1.29 is 24.5 Å². The summed E-state index contributed by atoms with van der Waals surface area (Å²) in [6, 6.07) is 8.44. The first-order valence-corrected chi connectivity index (χ1v) is 15.9. The summed E-state index contributed by atoms with van der Waals surface area (Å²) in [6.07, 6.45) is 10.9. The summed E-state index contributed by atoms with van der Waals surface area (Å²) >= 11 is 6.71. The Morgan fingerprint density at radius 2 is 1.90 bits per heavy atom. The third kappa shape index (κ3) is 9.84. The molecule has 226 valence electrons. The van der Waals surface area contributed by atoms with E-state index < -0.39 is 6.10 Å². The minimum Gasteiger partial charge on any atom is -0.464 e. The van der Waals surface area contributed by atoms with Crippen molar-refractivity contribution in [2.24, 2.45) is 5.92 Å². The molecule has 0 amide bonds. The van der Waals surface area contributed by atoms with Crippen LogP contribution in [0.25, 0.3) is 0 Å². The average molecular weight is 578 g/mol. The minimum atomic E-state index is -0.466. The van der Waals surface area contributed by atoms with Crippen molar-refractivity contribution in [3.8, 4) is 0 Å². The van der Waals surface area contributed by atoms with E-state index >= 15 is 0 Å². The quantitative estimate of drug-likeness (QED) is 0.109. The monoisotopic (exact) mass is 577 g/mol. The first kappa shape index (κ1) is 33.1. The van der Waals surface area contributed by atoms with Gasteiger partial charge in [-0.15, -0.1) is 11.6 Å². The molecule has 7 heteroatoms. The number of rotatable bonds is 16. The number of halogens is 1. The number of carbonyl (C=O) groups excluding carboxylic acids is 1. The smallest absolute Gasteiger partial charge is 0.305 e. The van der Waals surface area contributed by atoms with E-state index in [1.54, 1.807) is 0 Å². The molecule has 1 unspecified atom stereocenters. The number of ether oxygens (including phenoxy) is 2. The average Bonchev–Trinajstić information content (AvgIpc) is 3.23. The fraction of sp³-hybridized carbons (Fsp3) is 0.727. The molecule has 0 radical (unpaired) electrons. The van der Waals surface area contributed by atoms with Gasteiger partial charge in [0, 0.05) is 42.8 Å². The first-order valence-electron chi connectivity index (χ1n) is 15.4. The Morgan fingerprint density at radius 3 is 2.60 bits per heavy atom. The predicted molar refractivity (Wildman–Crippen MR) is 162 cm³/mol. The number of aliphatic hydroxyl groups is 2. The van der Waals surface area contributed by atoms with Crippen LogP contribution in [0.4, 0.5) is 0 Å². The molecule has 0 spiro atoms.